The molecule has 1 aliphatic rings. The fraction of sp³-hybridized carbons (Fsp3) is 0.348. The van der Waals surface area contributed by atoms with Crippen molar-refractivity contribution in [2.75, 3.05) is 47.2 Å². The van der Waals surface area contributed by atoms with Crippen molar-refractivity contribution in [3.63, 3.8) is 0 Å². The maximum atomic E-state index is 5.53. The van der Waals surface area contributed by atoms with Crippen LogP contribution in [-0.2, 0) is 17.8 Å². The highest BCUT2D eigenvalue weighted by Gasteiger charge is 2.18. The molecule has 0 aliphatic carbocycles. The highest BCUT2D eigenvalue weighted by Crippen LogP contribution is 2.39. The smallest absolute Gasteiger partial charge is 0.231 e. The van der Waals surface area contributed by atoms with Crippen LogP contribution in [-0.4, -0.2) is 51.4 Å². The Bertz CT molecular complexity index is 1060. The Morgan fingerprint density at radius 1 is 0.969 bits per heavy atom. The van der Waals surface area contributed by atoms with Crippen molar-refractivity contribution in [3.05, 3.63) is 42.1 Å². The molecule has 0 radical (unpaired) electrons. The largest absolute Gasteiger partial charge is 0.493 e. The van der Waals surface area contributed by atoms with Gasteiger partial charge in [0.1, 0.15) is 0 Å². The summed E-state index contributed by atoms with van der Waals surface area (Å²) in [7, 11) is 6.47. The third kappa shape index (κ3) is 4.24. The van der Waals surface area contributed by atoms with E-state index in [0.717, 1.165) is 34.3 Å². The third-order valence-electron chi connectivity index (χ3n) is 5.22. The zero-order valence-corrected chi connectivity index (χ0v) is 18.6. The number of methoxy groups -OCH3 is 4. The third-order valence-corrected chi connectivity index (χ3v) is 5.22. The van der Waals surface area contributed by atoms with E-state index in [0.29, 0.717) is 36.9 Å². The van der Waals surface area contributed by atoms with Gasteiger partial charge in [-0.3, -0.25) is 0 Å². The molecule has 170 valence electrons. The Morgan fingerprint density at radius 3 is 2.41 bits per heavy atom. The van der Waals surface area contributed by atoms with Crippen LogP contribution >= 0.6 is 0 Å². The molecule has 0 fully saturated rings. The lowest BCUT2D eigenvalue weighted by atomic mass is 10.1. The van der Waals surface area contributed by atoms with Crippen LogP contribution in [0.4, 0.5) is 5.95 Å². The number of nitrogens with one attached hydrogen (secondary N) is 1. The van der Waals surface area contributed by atoms with E-state index >= 15 is 0 Å². The van der Waals surface area contributed by atoms with Gasteiger partial charge in [0.25, 0.3) is 0 Å². The second-order valence-corrected chi connectivity index (χ2v) is 7.07. The molecule has 0 unspecified atom stereocenters. The van der Waals surface area contributed by atoms with Gasteiger partial charge in [-0.05, 0) is 35.9 Å². The Morgan fingerprint density at radius 2 is 1.72 bits per heavy atom. The fourth-order valence-corrected chi connectivity index (χ4v) is 3.63. The number of nitrogens with zero attached hydrogens (tertiary/aromatic N) is 2. The van der Waals surface area contributed by atoms with Gasteiger partial charge in [0, 0.05) is 25.8 Å². The SMILES string of the molecule is COCCn1c(-c2ccc3c(c2)OCO3)cnc1NCc1cc(OC)c(OC)c(OC)c1. The van der Waals surface area contributed by atoms with Crippen LogP contribution in [0, 0.1) is 0 Å². The molecule has 32 heavy (non-hydrogen) atoms. The molecule has 0 saturated heterocycles. The van der Waals surface area contributed by atoms with Crippen molar-refractivity contribution < 1.29 is 28.4 Å². The van der Waals surface area contributed by atoms with Gasteiger partial charge in [0.15, 0.2) is 23.0 Å². The van der Waals surface area contributed by atoms with Crippen molar-refractivity contribution in [1.82, 2.24) is 9.55 Å². The average Bonchev–Trinajstić information content (AvgIpc) is 3.46. The first-order chi connectivity index (χ1) is 15.7. The molecule has 0 saturated carbocycles. The lowest BCUT2D eigenvalue weighted by Crippen LogP contribution is -2.12. The second-order valence-electron chi connectivity index (χ2n) is 7.07. The first-order valence-corrected chi connectivity index (χ1v) is 10.2. The summed E-state index contributed by atoms with van der Waals surface area (Å²) < 4.78 is 34.7. The quantitative estimate of drug-likeness (QED) is 0.511. The van der Waals surface area contributed by atoms with Crippen LogP contribution in [0.15, 0.2) is 36.5 Å². The minimum Gasteiger partial charge on any atom is -0.493 e. The Labute approximate surface area is 186 Å². The molecule has 0 spiro atoms. The number of imidazole rings is 1. The minimum atomic E-state index is 0.239. The number of fused-ring (bicyclic) bond motifs is 1. The Kier molecular flexibility index (Phi) is 6.55. The van der Waals surface area contributed by atoms with Gasteiger partial charge in [0.2, 0.25) is 18.5 Å². The summed E-state index contributed by atoms with van der Waals surface area (Å²) in [5.74, 6) is 3.97. The fourth-order valence-electron chi connectivity index (χ4n) is 3.63. The number of aromatic nitrogens is 2. The van der Waals surface area contributed by atoms with Crippen molar-refractivity contribution in [2.24, 2.45) is 0 Å². The predicted octanol–water partition coefficient (Wildman–Crippen LogP) is 3.56. The summed E-state index contributed by atoms with van der Waals surface area (Å²) in [6.45, 7) is 1.94. The molecule has 1 N–H and O–H groups in total. The molecule has 2 aromatic carbocycles. The van der Waals surface area contributed by atoms with Crippen molar-refractivity contribution >= 4 is 5.95 Å². The second kappa shape index (κ2) is 9.69. The first-order valence-electron chi connectivity index (χ1n) is 10.2. The van der Waals surface area contributed by atoms with Gasteiger partial charge >= 0.3 is 0 Å². The highest BCUT2D eigenvalue weighted by atomic mass is 16.7. The van der Waals surface area contributed by atoms with Crippen LogP contribution in [0.2, 0.25) is 0 Å². The molecular formula is C23H27N3O6. The molecule has 9 nitrogen and oxygen atoms in total. The molecule has 3 aromatic rings. The summed E-state index contributed by atoms with van der Waals surface area (Å²) in [5.41, 5.74) is 2.90. The van der Waals surface area contributed by atoms with Crippen LogP contribution in [0.1, 0.15) is 5.56 Å². The molecule has 4 rings (SSSR count). The van der Waals surface area contributed by atoms with Crippen LogP contribution < -0.4 is 29.0 Å². The number of ether oxygens (including phenoxy) is 6. The monoisotopic (exact) mass is 441 g/mol. The summed E-state index contributed by atoms with van der Waals surface area (Å²) in [5, 5.41) is 3.41. The average molecular weight is 441 g/mol. The number of anilines is 1. The molecule has 1 aliphatic heterocycles. The summed E-state index contributed by atoms with van der Waals surface area (Å²) in [4.78, 5) is 4.61. The van der Waals surface area contributed by atoms with E-state index in [9.17, 15) is 0 Å². The summed E-state index contributed by atoms with van der Waals surface area (Å²) in [6, 6.07) is 9.70. The first kappa shape index (κ1) is 21.6. The van der Waals surface area contributed by atoms with E-state index in [2.05, 4.69) is 14.9 Å². The summed E-state index contributed by atoms with van der Waals surface area (Å²) in [6.07, 6.45) is 1.84. The van der Waals surface area contributed by atoms with Crippen molar-refractivity contribution in [3.8, 4) is 40.0 Å². The van der Waals surface area contributed by atoms with Gasteiger partial charge in [0.05, 0.1) is 39.8 Å². The van der Waals surface area contributed by atoms with Gasteiger partial charge in [-0.2, -0.15) is 0 Å². The number of hydrogen-bond donors (Lipinski definition) is 1. The number of benzene rings is 2. The van der Waals surface area contributed by atoms with E-state index < -0.39 is 0 Å². The lowest BCUT2D eigenvalue weighted by molar-refractivity contribution is 0.174. The van der Waals surface area contributed by atoms with Crippen LogP contribution in [0.3, 0.4) is 0 Å². The molecule has 0 bridgehead atoms. The zero-order valence-electron chi connectivity index (χ0n) is 18.6. The maximum absolute atomic E-state index is 5.53. The topological polar surface area (TPSA) is 85.2 Å². The molecule has 0 atom stereocenters. The van der Waals surface area contributed by atoms with Crippen molar-refractivity contribution in [1.29, 1.82) is 0 Å². The molecule has 1 aromatic heterocycles. The predicted molar refractivity (Wildman–Crippen MR) is 119 cm³/mol. The van der Waals surface area contributed by atoms with Crippen LogP contribution in [0.25, 0.3) is 11.3 Å². The Balaban J connectivity index is 1.60. The molecular weight excluding hydrogens is 414 g/mol. The maximum Gasteiger partial charge on any atom is 0.231 e. The van der Waals surface area contributed by atoms with E-state index in [-0.39, 0.29) is 6.79 Å². The number of hydrogen-bond acceptors (Lipinski definition) is 8. The van der Waals surface area contributed by atoms with Crippen LogP contribution in [0.5, 0.6) is 28.7 Å². The lowest BCUT2D eigenvalue weighted by Gasteiger charge is -2.16. The van der Waals surface area contributed by atoms with E-state index in [1.54, 1.807) is 28.4 Å². The summed E-state index contributed by atoms with van der Waals surface area (Å²) >= 11 is 0. The molecule has 2 heterocycles. The van der Waals surface area contributed by atoms with Gasteiger partial charge in [-0.1, -0.05) is 0 Å². The molecule has 0 amide bonds. The molecule has 9 heteroatoms. The van der Waals surface area contributed by atoms with E-state index in [4.69, 9.17) is 28.4 Å². The van der Waals surface area contributed by atoms with Crippen molar-refractivity contribution in [2.45, 2.75) is 13.1 Å². The van der Waals surface area contributed by atoms with Gasteiger partial charge in [-0.15, -0.1) is 0 Å². The van der Waals surface area contributed by atoms with E-state index in [1.165, 1.54) is 0 Å². The number of rotatable bonds is 10. The minimum absolute atomic E-state index is 0.239. The normalized spacial score (nSPS) is 12.0. The Hall–Kier alpha value is -3.59. The zero-order chi connectivity index (χ0) is 22.5. The van der Waals surface area contributed by atoms with Gasteiger partial charge < -0.3 is 38.3 Å². The highest BCUT2D eigenvalue weighted by molar-refractivity contribution is 5.66. The van der Waals surface area contributed by atoms with E-state index in [1.807, 2.05) is 36.5 Å². The van der Waals surface area contributed by atoms with Gasteiger partial charge in [-0.25, -0.2) is 4.98 Å². The standard InChI is InChI=1S/C23H27N3O6/c1-27-8-7-26-17(16-5-6-18-19(11-16)32-14-31-18)13-25-23(26)24-12-15-9-20(28-2)22(30-4)21(10-15)29-3/h5-6,9-11,13H,7-8,12,14H2,1-4H3,(H,24,25).